The average Bonchev–Trinajstić information content (AvgIpc) is 2.30. The summed E-state index contributed by atoms with van der Waals surface area (Å²) in [5.41, 5.74) is -5.37. The van der Waals surface area contributed by atoms with Gasteiger partial charge in [-0.1, -0.05) is 0 Å². The van der Waals surface area contributed by atoms with Crippen LogP contribution in [0.5, 0.6) is 0 Å². The van der Waals surface area contributed by atoms with Gasteiger partial charge in [-0.2, -0.15) is 21.6 Å². The summed E-state index contributed by atoms with van der Waals surface area (Å²) in [5, 5.41) is 2.89. The third kappa shape index (κ3) is 3.38. The molecule has 1 aliphatic rings. The summed E-state index contributed by atoms with van der Waals surface area (Å²) in [6.07, 6.45) is 1.93. The number of alkyl halides is 3. The lowest BCUT2D eigenvalue weighted by Crippen LogP contribution is -2.25. The van der Waals surface area contributed by atoms with Crippen LogP contribution in [0, 0.1) is 0 Å². The third-order valence-electron chi connectivity index (χ3n) is 1.74. The maximum Gasteiger partial charge on any atom is 0.534 e. The molecule has 0 saturated carbocycles. The Balaban J connectivity index is 2.73. The maximum atomic E-state index is 11.9. The molecular formula is C7H10F3NO3S. The van der Waals surface area contributed by atoms with Gasteiger partial charge in [-0.25, -0.2) is 0 Å². The van der Waals surface area contributed by atoms with Gasteiger partial charge in [-0.3, -0.25) is 0 Å². The van der Waals surface area contributed by atoms with Crippen molar-refractivity contribution in [1.29, 1.82) is 0 Å². The fourth-order valence-corrected chi connectivity index (χ4v) is 1.57. The molecule has 0 aliphatic carbocycles. The Morgan fingerprint density at radius 3 is 2.60 bits per heavy atom. The standard InChI is InChI=1S/C7H10F3NO3S/c8-7(9,10)15(12,13)14-6-2-1-4-11-5-3-6/h2,11H,1,3-5H2. The van der Waals surface area contributed by atoms with E-state index in [4.69, 9.17) is 0 Å². The minimum Gasteiger partial charge on any atom is -0.381 e. The normalized spacial score (nSPS) is 19.3. The Bertz CT molecular complexity index is 347. The minimum absolute atomic E-state index is 0.134. The van der Waals surface area contributed by atoms with Gasteiger partial charge in [0.15, 0.2) is 0 Å². The van der Waals surface area contributed by atoms with Crippen molar-refractivity contribution in [3.8, 4) is 0 Å². The second kappa shape index (κ2) is 4.40. The average molecular weight is 245 g/mol. The number of hydrogen-bond donors (Lipinski definition) is 1. The van der Waals surface area contributed by atoms with E-state index in [2.05, 4.69) is 9.50 Å². The Morgan fingerprint density at radius 1 is 1.33 bits per heavy atom. The van der Waals surface area contributed by atoms with Crippen LogP contribution in [0.2, 0.25) is 0 Å². The van der Waals surface area contributed by atoms with E-state index >= 15 is 0 Å². The van der Waals surface area contributed by atoms with Gasteiger partial charge < -0.3 is 9.50 Å². The van der Waals surface area contributed by atoms with Crippen LogP contribution in [0.4, 0.5) is 13.2 Å². The van der Waals surface area contributed by atoms with Gasteiger partial charge in [0.05, 0.1) is 0 Å². The van der Waals surface area contributed by atoms with E-state index in [9.17, 15) is 21.6 Å². The molecule has 0 aromatic carbocycles. The maximum absolute atomic E-state index is 11.9. The molecule has 1 heterocycles. The summed E-state index contributed by atoms with van der Waals surface area (Å²) in [4.78, 5) is 0. The topological polar surface area (TPSA) is 55.4 Å². The number of hydrogen-bond acceptors (Lipinski definition) is 4. The van der Waals surface area contributed by atoms with Crippen molar-refractivity contribution in [2.45, 2.75) is 18.3 Å². The molecule has 1 N–H and O–H groups in total. The van der Waals surface area contributed by atoms with Crippen LogP contribution in [0.1, 0.15) is 12.8 Å². The smallest absolute Gasteiger partial charge is 0.381 e. The van der Waals surface area contributed by atoms with Crippen LogP contribution in [0.15, 0.2) is 11.8 Å². The number of halogens is 3. The van der Waals surface area contributed by atoms with E-state index < -0.39 is 15.6 Å². The molecule has 8 heteroatoms. The zero-order valence-corrected chi connectivity index (χ0v) is 8.49. The molecule has 15 heavy (non-hydrogen) atoms. The van der Waals surface area contributed by atoms with Crippen LogP contribution in [-0.2, 0) is 14.3 Å². The molecule has 0 fully saturated rings. The molecule has 0 saturated heterocycles. The second-order valence-electron chi connectivity index (χ2n) is 2.94. The Kier molecular flexibility index (Phi) is 3.61. The monoisotopic (exact) mass is 245 g/mol. The van der Waals surface area contributed by atoms with Gasteiger partial charge in [0.25, 0.3) is 0 Å². The lowest BCUT2D eigenvalue weighted by atomic mass is 10.3. The zero-order valence-electron chi connectivity index (χ0n) is 7.67. The molecule has 0 spiro atoms. The molecule has 0 aromatic heterocycles. The van der Waals surface area contributed by atoms with E-state index in [0.717, 1.165) is 0 Å². The lowest BCUT2D eigenvalue weighted by Gasteiger charge is -2.11. The number of nitrogens with one attached hydrogen (secondary N) is 1. The summed E-state index contributed by atoms with van der Waals surface area (Å²) < 4.78 is 61.0. The highest BCUT2D eigenvalue weighted by atomic mass is 32.2. The SMILES string of the molecule is O=S(=O)(OC1=CCCNCC1)C(F)(F)F. The Labute approximate surface area is 85.2 Å². The fraction of sp³-hybridized carbons (Fsp3) is 0.714. The highest BCUT2D eigenvalue weighted by Gasteiger charge is 2.48. The van der Waals surface area contributed by atoms with Gasteiger partial charge in [0.2, 0.25) is 0 Å². The van der Waals surface area contributed by atoms with Crippen molar-refractivity contribution in [2.24, 2.45) is 0 Å². The van der Waals surface area contributed by atoms with E-state index in [-0.39, 0.29) is 12.2 Å². The van der Waals surface area contributed by atoms with E-state index in [1.165, 1.54) is 6.08 Å². The second-order valence-corrected chi connectivity index (χ2v) is 4.48. The van der Waals surface area contributed by atoms with Crippen LogP contribution in [0.3, 0.4) is 0 Å². The molecule has 88 valence electrons. The van der Waals surface area contributed by atoms with E-state index in [1.807, 2.05) is 0 Å². The van der Waals surface area contributed by atoms with Crippen molar-refractivity contribution in [2.75, 3.05) is 13.1 Å². The summed E-state index contributed by atoms with van der Waals surface area (Å²) >= 11 is 0. The molecule has 1 aliphatic heterocycles. The molecular weight excluding hydrogens is 235 g/mol. The first-order chi connectivity index (χ1) is 6.83. The van der Waals surface area contributed by atoms with Crippen LogP contribution in [-0.4, -0.2) is 27.0 Å². The fourth-order valence-electron chi connectivity index (χ4n) is 1.04. The third-order valence-corrected chi connectivity index (χ3v) is 2.74. The first-order valence-electron chi connectivity index (χ1n) is 4.23. The molecule has 1 rings (SSSR count). The molecule has 0 radical (unpaired) electrons. The van der Waals surface area contributed by atoms with E-state index in [1.54, 1.807) is 0 Å². The Morgan fingerprint density at radius 2 is 2.00 bits per heavy atom. The lowest BCUT2D eigenvalue weighted by molar-refractivity contribution is -0.0523. The van der Waals surface area contributed by atoms with Gasteiger partial charge in [-0.05, 0) is 19.0 Å². The quantitative estimate of drug-likeness (QED) is 0.585. The van der Waals surface area contributed by atoms with Gasteiger partial charge in [0, 0.05) is 13.0 Å². The zero-order chi connectivity index (χ0) is 11.5. The van der Waals surface area contributed by atoms with Crippen molar-refractivity contribution < 1.29 is 25.8 Å². The van der Waals surface area contributed by atoms with E-state index in [0.29, 0.717) is 19.5 Å². The van der Waals surface area contributed by atoms with Crippen LogP contribution >= 0.6 is 0 Å². The molecule has 0 amide bonds. The van der Waals surface area contributed by atoms with Crippen LogP contribution in [0.25, 0.3) is 0 Å². The molecule has 0 atom stereocenters. The minimum atomic E-state index is -5.51. The van der Waals surface area contributed by atoms with Crippen molar-refractivity contribution in [3.05, 3.63) is 11.8 Å². The Hall–Kier alpha value is -0.760. The molecule has 0 aromatic rings. The summed E-state index contributed by atoms with van der Waals surface area (Å²) in [7, 11) is -5.51. The summed E-state index contributed by atoms with van der Waals surface area (Å²) in [5.74, 6) is -0.155. The highest BCUT2D eigenvalue weighted by molar-refractivity contribution is 7.87. The largest absolute Gasteiger partial charge is 0.534 e. The predicted octanol–water partition coefficient (Wildman–Crippen LogP) is 1.12. The molecule has 4 nitrogen and oxygen atoms in total. The predicted molar refractivity (Wildman–Crippen MR) is 46.2 cm³/mol. The van der Waals surface area contributed by atoms with Crippen LogP contribution < -0.4 is 5.32 Å². The number of rotatable bonds is 2. The van der Waals surface area contributed by atoms with Crippen molar-refractivity contribution in [3.63, 3.8) is 0 Å². The first kappa shape index (κ1) is 12.3. The van der Waals surface area contributed by atoms with Crippen molar-refractivity contribution in [1.82, 2.24) is 5.32 Å². The molecule has 0 unspecified atom stereocenters. The molecule has 0 bridgehead atoms. The van der Waals surface area contributed by atoms with Crippen molar-refractivity contribution >= 4 is 10.1 Å². The summed E-state index contributed by atoms with van der Waals surface area (Å²) in [6, 6.07) is 0. The van der Waals surface area contributed by atoms with Gasteiger partial charge >= 0.3 is 15.6 Å². The van der Waals surface area contributed by atoms with Gasteiger partial charge in [-0.15, -0.1) is 0 Å². The van der Waals surface area contributed by atoms with Gasteiger partial charge in [0.1, 0.15) is 5.76 Å². The highest BCUT2D eigenvalue weighted by Crippen LogP contribution is 2.27. The summed E-state index contributed by atoms with van der Waals surface area (Å²) in [6.45, 7) is 0.998. The first-order valence-corrected chi connectivity index (χ1v) is 5.64.